The van der Waals surface area contributed by atoms with E-state index in [1.54, 1.807) is 0 Å². The summed E-state index contributed by atoms with van der Waals surface area (Å²) >= 11 is 0. The summed E-state index contributed by atoms with van der Waals surface area (Å²) in [6, 6.07) is 0. The number of ketones is 1. The Morgan fingerprint density at radius 3 is 2.48 bits per heavy atom. The Hall–Kier alpha value is -1.29. The largest absolute Gasteiger partial charge is 0.488 e. The molecule has 128 valence electrons. The monoisotopic (exact) mass is 320 g/mol. The van der Waals surface area contributed by atoms with E-state index in [4.69, 9.17) is 9.47 Å². The van der Waals surface area contributed by atoms with Crippen molar-refractivity contribution in [3.8, 4) is 0 Å². The van der Waals surface area contributed by atoms with Crippen LogP contribution in [0.25, 0.3) is 0 Å². The standard InChI is InChI=1S/C19H28O4/c1-11(2)22-15-16(20)18(5)10-13-8-6-7-9-14(13)19(18,21)17(15)23-12(3)4/h9,11-13,21H,6-8,10H2,1-5H3/t13-,18+,19+/m0/s1. The molecule has 1 N–H and O–H groups in total. The van der Waals surface area contributed by atoms with Gasteiger partial charge in [-0.05, 0) is 71.8 Å². The maximum absolute atomic E-state index is 13.1. The first-order valence-electron chi connectivity index (χ1n) is 8.77. The third-order valence-corrected chi connectivity index (χ3v) is 5.38. The van der Waals surface area contributed by atoms with Gasteiger partial charge in [-0.15, -0.1) is 0 Å². The van der Waals surface area contributed by atoms with Gasteiger partial charge < -0.3 is 14.6 Å². The van der Waals surface area contributed by atoms with Crippen LogP contribution >= 0.6 is 0 Å². The van der Waals surface area contributed by atoms with Crippen LogP contribution in [0.5, 0.6) is 0 Å². The average molecular weight is 320 g/mol. The van der Waals surface area contributed by atoms with E-state index in [1.165, 1.54) is 0 Å². The second kappa shape index (κ2) is 5.37. The van der Waals surface area contributed by atoms with Crippen molar-refractivity contribution in [1.29, 1.82) is 0 Å². The molecule has 1 saturated carbocycles. The predicted octanol–water partition coefficient (Wildman–Crippen LogP) is 3.50. The molecule has 0 bridgehead atoms. The van der Waals surface area contributed by atoms with Crippen LogP contribution < -0.4 is 0 Å². The first-order chi connectivity index (χ1) is 10.7. The van der Waals surface area contributed by atoms with E-state index in [-0.39, 0.29) is 29.7 Å². The van der Waals surface area contributed by atoms with Crippen LogP contribution in [0.1, 0.15) is 60.3 Å². The average Bonchev–Trinajstić information content (AvgIpc) is 2.78. The lowest BCUT2D eigenvalue weighted by atomic mass is 9.75. The topological polar surface area (TPSA) is 55.8 Å². The van der Waals surface area contributed by atoms with E-state index < -0.39 is 11.0 Å². The molecule has 3 aliphatic carbocycles. The smallest absolute Gasteiger partial charge is 0.210 e. The minimum Gasteiger partial charge on any atom is -0.488 e. The van der Waals surface area contributed by atoms with E-state index >= 15 is 0 Å². The molecule has 0 heterocycles. The van der Waals surface area contributed by atoms with Crippen LogP contribution in [0.2, 0.25) is 0 Å². The van der Waals surface area contributed by atoms with E-state index in [0.29, 0.717) is 12.2 Å². The minimum atomic E-state index is -1.34. The molecule has 0 aromatic carbocycles. The summed E-state index contributed by atoms with van der Waals surface area (Å²) in [5.41, 5.74) is -1.25. The number of hydrogen-bond donors (Lipinski definition) is 1. The summed E-state index contributed by atoms with van der Waals surface area (Å²) in [5.74, 6) is 0.724. The Kier molecular flexibility index (Phi) is 3.87. The molecule has 3 rings (SSSR count). The predicted molar refractivity (Wildman–Crippen MR) is 87.6 cm³/mol. The van der Waals surface area contributed by atoms with Crippen LogP contribution in [0.3, 0.4) is 0 Å². The fourth-order valence-electron chi connectivity index (χ4n) is 4.43. The Morgan fingerprint density at radius 2 is 1.87 bits per heavy atom. The maximum Gasteiger partial charge on any atom is 0.210 e. The lowest BCUT2D eigenvalue weighted by Gasteiger charge is -2.35. The quantitative estimate of drug-likeness (QED) is 0.806. The molecule has 0 aromatic heterocycles. The molecule has 0 saturated heterocycles. The Morgan fingerprint density at radius 1 is 1.22 bits per heavy atom. The van der Waals surface area contributed by atoms with Crippen molar-refractivity contribution < 1.29 is 19.4 Å². The molecule has 0 aliphatic heterocycles. The van der Waals surface area contributed by atoms with Gasteiger partial charge in [0.2, 0.25) is 11.5 Å². The summed E-state index contributed by atoms with van der Waals surface area (Å²) in [6.07, 6.45) is 5.63. The molecular weight excluding hydrogens is 292 g/mol. The highest BCUT2D eigenvalue weighted by molar-refractivity contribution is 6.04. The summed E-state index contributed by atoms with van der Waals surface area (Å²) in [5, 5.41) is 11.7. The Labute approximate surface area is 138 Å². The van der Waals surface area contributed by atoms with Crippen LogP contribution in [0.4, 0.5) is 0 Å². The number of allylic oxidation sites excluding steroid dienone is 2. The number of hydrogen-bond acceptors (Lipinski definition) is 4. The molecule has 1 fully saturated rings. The van der Waals surface area contributed by atoms with E-state index in [9.17, 15) is 9.90 Å². The number of carbonyl (C=O) groups is 1. The normalized spacial score (nSPS) is 36.4. The number of Topliss-reactive ketones (excluding diaryl/α,β-unsaturated/α-hetero) is 1. The maximum atomic E-state index is 13.1. The van der Waals surface area contributed by atoms with Crippen LogP contribution in [0, 0.1) is 11.3 Å². The molecule has 23 heavy (non-hydrogen) atoms. The van der Waals surface area contributed by atoms with Crippen molar-refractivity contribution in [3.63, 3.8) is 0 Å². The lowest BCUT2D eigenvalue weighted by Crippen LogP contribution is -2.45. The second-order valence-electron chi connectivity index (χ2n) is 7.85. The van der Waals surface area contributed by atoms with Crippen molar-refractivity contribution >= 4 is 5.78 Å². The highest BCUT2D eigenvalue weighted by atomic mass is 16.5. The molecule has 3 aliphatic rings. The van der Waals surface area contributed by atoms with Gasteiger partial charge in [-0.25, -0.2) is 0 Å². The van der Waals surface area contributed by atoms with Crippen LogP contribution in [0.15, 0.2) is 23.2 Å². The van der Waals surface area contributed by atoms with Crippen molar-refractivity contribution in [1.82, 2.24) is 0 Å². The van der Waals surface area contributed by atoms with Crippen molar-refractivity contribution in [2.45, 2.75) is 78.1 Å². The number of ether oxygens (including phenoxy) is 2. The summed E-state index contributed by atoms with van der Waals surface area (Å²) in [4.78, 5) is 13.1. The fraction of sp³-hybridized carbons (Fsp3) is 0.737. The highest BCUT2D eigenvalue weighted by Crippen LogP contribution is 2.63. The zero-order valence-corrected chi connectivity index (χ0v) is 14.8. The second-order valence-corrected chi connectivity index (χ2v) is 7.85. The van der Waals surface area contributed by atoms with Gasteiger partial charge in [0.15, 0.2) is 11.4 Å². The third kappa shape index (κ3) is 2.18. The Bertz CT molecular complexity index is 586. The van der Waals surface area contributed by atoms with Crippen molar-refractivity contribution in [3.05, 3.63) is 23.2 Å². The molecule has 3 atom stereocenters. The van der Waals surface area contributed by atoms with E-state index in [0.717, 1.165) is 24.8 Å². The van der Waals surface area contributed by atoms with Crippen LogP contribution in [-0.4, -0.2) is 28.7 Å². The Balaban J connectivity index is 2.16. The molecule has 0 unspecified atom stereocenters. The number of aliphatic hydroxyl groups is 1. The lowest BCUT2D eigenvalue weighted by molar-refractivity contribution is -0.133. The third-order valence-electron chi connectivity index (χ3n) is 5.38. The molecule has 4 heteroatoms. The van der Waals surface area contributed by atoms with Crippen LogP contribution in [-0.2, 0) is 14.3 Å². The molecular formula is C19H28O4. The van der Waals surface area contributed by atoms with Gasteiger partial charge in [-0.2, -0.15) is 0 Å². The van der Waals surface area contributed by atoms with Crippen molar-refractivity contribution in [2.24, 2.45) is 11.3 Å². The van der Waals surface area contributed by atoms with E-state index in [2.05, 4.69) is 6.08 Å². The van der Waals surface area contributed by atoms with Gasteiger partial charge in [-0.1, -0.05) is 6.08 Å². The van der Waals surface area contributed by atoms with Gasteiger partial charge in [0, 0.05) is 0 Å². The molecule has 0 aromatic rings. The molecule has 0 spiro atoms. The molecule has 0 radical (unpaired) electrons. The van der Waals surface area contributed by atoms with Gasteiger partial charge >= 0.3 is 0 Å². The molecule has 0 amide bonds. The minimum absolute atomic E-state index is 0.111. The summed E-state index contributed by atoms with van der Waals surface area (Å²) in [7, 11) is 0. The van der Waals surface area contributed by atoms with Gasteiger partial charge in [0.1, 0.15) is 0 Å². The zero-order chi connectivity index (χ0) is 17.0. The highest BCUT2D eigenvalue weighted by Gasteiger charge is 2.71. The fourth-order valence-corrected chi connectivity index (χ4v) is 4.43. The number of carbonyl (C=O) groups excluding carboxylic acids is 1. The zero-order valence-electron chi connectivity index (χ0n) is 14.8. The van der Waals surface area contributed by atoms with Gasteiger partial charge in [-0.3, -0.25) is 4.79 Å². The SMILES string of the molecule is CC(C)OC1=C(OC(C)C)[C@]2(O)C3=CCCC[C@H]3C[C@]2(C)C1=O. The first kappa shape index (κ1) is 16.6. The first-order valence-corrected chi connectivity index (χ1v) is 8.77. The van der Waals surface area contributed by atoms with Crippen molar-refractivity contribution in [2.75, 3.05) is 0 Å². The number of rotatable bonds is 4. The van der Waals surface area contributed by atoms with E-state index in [1.807, 2.05) is 34.6 Å². The summed E-state index contributed by atoms with van der Waals surface area (Å²) < 4.78 is 11.8. The molecule has 4 nitrogen and oxygen atoms in total. The number of fused-ring (bicyclic) bond motifs is 3. The summed E-state index contributed by atoms with van der Waals surface area (Å²) in [6.45, 7) is 9.46. The van der Waals surface area contributed by atoms with Gasteiger partial charge in [0.05, 0.1) is 17.6 Å². The van der Waals surface area contributed by atoms with Gasteiger partial charge in [0.25, 0.3) is 0 Å².